The van der Waals surface area contributed by atoms with Gasteiger partial charge >= 0.3 is 0 Å². The monoisotopic (exact) mass is 480 g/mol. The molecule has 3 aromatic carbocycles. The number of amidine groups is 1. The summed E-state index contributed by atoms with van der Waals surface area (Å²) in [6.07, 6.45) is 6.38. The molecule has 0 fully saturated rings. The SMILES string of the molecule is CCCCCCOc1ccc(/C=N/NC(=Nc2ccccc2)c2ccc3ccccc3n2)cc1OC. The standard InChI is InChI=1S/C30H32N4O2/c1-3-4-5-11-20-36-28-19-16-23(21-29(28)35-2)22-31-34-30(32-25-13-7-6-8-14-25)27-18-17-24-12-9-10-15-26(24)33-27/h6-10,12-19,21-22H,3-5,11,20H2,1-2H3,(H,32,34)/b31-22+. The highest BCUT2D eigenvalue weighted by Crippen LogP contribution is 2.28. The lowest BCUT2D eigenvalue weighted by atomic mass is 10.2. The largest absolute Gasteiger partial charge is 0.493 e. The van der Waals surface area contributed by atoms with Gasteiger partial charge in [-0.05, 0) is 54.4 Å². The number of fused-ring (bicyclic) bond motifs is 1. The van der Waals surface area contributed by atoms with Crippen molar-refractivity contribution in [2.24, 2.45) is 10.1 Å². The molecule has 1 aromatic heterocycles. The molecule has 6 nitrogen and oxygen atoms in total. The summed E-state index contributed by atoms with van der Waals surface area (Å²) >= 11 is 0. The van der Waals surface area contributed by atoms with Crippen molar-refractivity contribution in [2.45, 2.75) is 32.6 Å². The van der Waals surface area contributed by atoms with Gasteiger partial charge in [0, 0.05) is 5.39 Å². The van der Waals surface area contributed by atoms with Crippen LogP contribution in [-0.4, -0.2) is 30.8 Å². The Kier molecular flexibility index (Phi) is 9.03. The number of nitrogens with zero attached hydrogens (tertiary/aromatic N) is 3. The number of benzene rings is 3. The molecule has 36 heavy (non-hydrogen) atoms. The average molecular weight is 481 g/mol. The van der Waals surface area contributed by atoms with Crippen molar-refractivity contribution < 1.29 is 9.47 Å². The van der Waals surface area contributed by atoms with E-state index in [4.69, 9.17) is 19.5 Å². The van der Waals surface area contributed by atoms with E-state index in [1.807, 2.05) is 84.9 Å². The molecule has 0 atom stereocenters. The Hall–Kier alpha value is -4.19. The second-order valence-electron chi connectivity index (χ2n) is 8.37. The van der Waals surface area contributed by atoms with Gasteiger partial charge in [0.25, 0.3) is 0 Å². The molecular weight excluding hydrogens is 448 g/mol. The summed E-state index contributed by atoms with van der Waals surface area (Å²) in [5.41, 5.74) is 6.39. The molecule has 1 N–H and O–H groups in total. The summed E-state index contributed by atoms with van der Waals surface area (Å²) in [6, 6.07) is 27.5. The fraction of sp³-hybridized carbons (Fsp3) is 0.233. The van der Waals surface area contributed by atoms with Gasteiger partial charge in [0.2, 0.25) is 0 Å². The molecule has 0 aliphatic rings. The lowest BCUT2D eigenvalue weighted by molar-refractivity contribution is 0.285. The Morgan fingerprint density at radius 2 is 1.72 bits per heavy atom. The number of aliphatic imine (C=N–C) groups is 1. The third kappa shape index (κ3) is 6.92. The number of hydrogen-bond donors (Lipinski definition) is 1. The summed E-state index contributed by atoms with van der Waals surface area (Å²) < 4.78 is 11.5. The molecule has 4 aromatic rings. The number of para-hydroxylation sites is 2. The van der Waals surface area contributed by atoms with E-state index in [-0.39, 0.29) is 0 Å². The lowest BCUT2D eigenvalue weighted by Gasteiger charge is -2.11. The van der Waals surface area contributed by atoms with Gasteiger partial charge in [-0.15, -0.1) is 0 Å². The number of ether oxygens (including phenoxy) is 2. The highest BCUT2D eigenvalue weighted by atomic mass is 16.5. The van der Waals surface area contributed by atoms with Crippen LogP contribution in [-0.2, 0) is 0 Å². The Morgan fingerprint density at radius 3 is 2.56 bits per heavy atom. The van der Waals surface area contributed by atoms with E-state index in [1.54, 1.807) is 13.3 Å². The summed E-state index contributed by atoms with van der Waals surface area (Å²) in [7, 11) is 1.65. The first-order valence-corrected chi connectivity index (χ1v) is 12.4. The number of methoxy groups -OCH3 is 1. The Bertz CT molecular complexity index is 1320. The first kappa shape index (κ1) is 24.9. The van der Waals surface area contributed by atoms with E-state index < -0.39 is 0 Å². The maximum absolute atomic E-state index is 5.92. The molecule has 184 valence electrons. The van der Waals surface area contributed by atoms with Crippen LogP contribution in [0.4, 0.5) is 5.69 Å². The van der Waals surface area contributed by atoms with Crippen molar-refractivity contribution >= 4 is 28.6 Å². The molecule has 0 aliphatic carbocycles. The van der Waals surface area contributed by atoms with Crippen molar-refractivity contribution in [3.63, 3.8) is 0 Å². The van der Waals surface area contributed by atoms with Gasteiger partial charge in [-0.2, -0.15) is 5.10 Å². The van der Waals surface area contributed by atoms with Crippen LogP contribution in [0.3, 0.4) is 0 Å². The third-order valence-corrected chi connectivity index (χ3v) is 5.67. The van der Waals surface area contributed by atoms with Gasteiger partial charge in [0.15, 0.2) is 17.3 Å². The Morgan fingerprint density at radius 1 is 0.889 bits per heavy atom. The normalized spacial score (nSPS) is 11.7. The van der Waals surface area contributed by atoms with E-state index in [1.165, 1.54) is 19.3 Å². The van der Waals surface area contributed by atoms with E-state index in [9.17, 15) is 0 Å². The molecule has 0 amide bonds. The zero-order chi connectivity index (χ0) is 25.0. The maximum Gasteiger partial charge on any atom is 0.173 e. The molecule has 0 spiro atoms. The second-order valence-corrected chi connectivity index (χ2v) is 8.37. The summed E-state index contributed by atoms with van der Waals surface area (Å²) in [5, 5.41) is 5.53. The molecular formula is C30H32N4O2. The number of hydrogen-bond acceptors (Lipinski definition) is 5. The molecule has 0 radical (unpaired) electrons. The molecule has 4 rings (SSSR count). The molecule has 0 bridgehead atoms. The number of rotatable bonds is 11. The van der Waals surface area contributed by atoms with Crippen LogP contribution in [0.5, 0.6) is 11.5 Å². The van der Waals surface area contributed by atoms with Crippen molar-refractivity contribution in [1.82, 2.24) is 10.4 Å². The first-order chi connectivity index (χ1) is 17.8. The molecule has 6 heteroatoms. The fourth-order valence-electron chi connectivity index (χ4n) is 3.73. The van der Waals surface area contributed by atoms with E-state index in [0.717, 1.165) is 34.3 Å². The lowest BCUT2D eigenvalue weighted by Crippen LogP contribution is -2.20. The number of hydrazone groups is 1. The van der Waals surface area contributed by atoms with Crippen LogP contribution < -0.4 is 14.9 Å². The predicted octanol–water partition coefficient (Wildman–Crippen LogP) is 6.90. The third-order valence-electron chi connectivity index (χ3n) is 5.67. The Labute approximate surface area is 212 Å². The van der Waals surface area contributed by atoms with Gasteiger partial charge in [-0.1, -0.05) is 68.7 Å². The summed E-state index contributed by atoms with van der Waals surface area (Å²) in [5.74, 6) is 1.98. The van der Waals surface area contributed by atoms with Gasteiger partial charge in [0.1, 0.15) is 5.69 Å². The molecule has 0 saturated carbocycles. The number of nitrogens with one attached hydrogen (secondary N) is 1. The zero-order valence-electron chi connectivity index (χ0n) is 20.9. The van der Waals surface area contributed by atoms with Gasteiger partial charge < -0.3 is 9.47 Å². The smallest absolute Gasteiger partial charge is 0.173 e. The van der Waals surface area contributed by atoms with E-state index in [0.29, 0.717) is 23.9 Å². The fourth-order valence-corrected chi connectivity index (χ4v) is 3.73. The minimum atomic E-state index is 0.558. The van der Waals surface area contributed by atoms with Crippen LogP contribution in [0.1, 0.15) is 43.9 Å². The number of unbranched alkanes of at least 4 members (excludes halogenated alkanes) is 3. The van der Waals surface area contributed by atoms with E-state index >= 15 is 0 Å². The van der Waals surface area contributed by atoms with Crippen LogP contribution in [0, 0.1) is 0 Å². The maximum atomic E-state index is 5.92. The Balaban J connectivity index is 1.51. The van der Waals surface area contributed by atoms with Crippen LogP contribution in [0.15, 0.2) is 95.0 Å². The van der Waals surface area contributed by atoms with Crippen LogP contribution in [0.25, 0.3) is 10.9 Å². The van der Waals surface area contributed by atoms with Crippen molar-refractivity contribution in [2.75, 3.05) is 13.7 Å². The van der Waals surface area contributed by atoms with Gasteiger partial charge in [-0.25, -0.2) is 9.98 Å². The quantitative estimate of drug-likeness (QED) is 0.110. The predicted molar refractivity (Wildman–Crippen MR) is 148 cm³/mol. The second kappa shape index (κ2) is 13.0. The van der Waals surface area contributed by atoms with Crippen LogP contribution in [0.2, 0.25) is 0 Å². The van der Waals surface area contributed by atoms with Crippen LogP contribution >= 0.6 is 0 Å². The summed E-state index contributed by atoms with van der Waals surface area (Å²) in [4.78, 5) is 9.53. The summed E-state index contributed by atoms with van der Waals surface area (Å²) in [6.45, 7) is 2.89. The van der Waals surface area contributed by atoms with E-state index in [2.05, 4.69) is 17.5 Å². The first-order valence-electron chi connectivity index (χ1n) is 12.4. The minimum absolute atomic E-state index is 0.558. The highest BCUT2D eigenvalue weighted by molar-refractivity contribution is 6.00. The van der Waals surface area contributed by atoms with Crippen molar-refractivity contribution in [1.29, 1.82) is 0 Å². The molecule has 0 unspecified atom stereocenters. The van der Waals surface area contributed by atoms with Crippen molar-refractivity contribution in [3.05, 3.63) is 96.2 Å². The minimum Gasteiger partial charge on any atom is -0.493 e. The molecule has 1 heterocycles. The van der Waals surface area contributed by atoms with Gasteiger partial charge in [-0.3, -0.25) is 5.43 Å². The average Bonchev–Trinajstić information content (AvgIpc) is 2.93. The highest BCUT2D eigenvalue weighted by Gasteiger charge is 2.08. The number of pyridine rings is 1. The zero-order valence-corrected chi connectivity index (χ0v) is 20.9. The molecule has 0 aliphatic heterocycles. The van der Waals surface area contributed by atoms with Crippen molar-refractivity contribution in [3.8, 4) is 11.5 Å². The topological polar surface area (TPSA) is 68.1 Å². The molecule has 0 saturated heterocycles. The van der Waals surface area contributed by atoms with Gasteiger partial charge in [0.05, 0.1) is 31.1 Å². The number of aromatic nitrogens is 1.